The summed E-state index contributed by atoms with van der Waals surface area (Å²) >= 11 is 3.17. The van der Waals surface area contributed by atoms with Crippen molar-refractivity contribution >= 4 is 41.4 Å². The van der Waals surface area contributed by atoms with Gasteiger partial charge in [0.1, 0.15) is 0 Å². The second-order valence-electron chi connectivity index (χ2n) is 3.64. The average Bonchev–Trinajstić information content (AvgIpc) is 2.28. The number of para-hydroxylation sites is 1. The van der Waals surface area contributed by atoms with Crippen LogP contribution in [0.4, 0.5) is 5.69 Å². The van der Waals surface area contributed by atoms with Gasteiger partial charge in [-0.15, -0.1) is 0 Å². The minimum atomic E-state index is -3.50. The number of halogens is 2. The van der Waals surface area contributed by atoms with Crippen LogP contribution in [0, 0.1) is 10.1 Å². The van der Waals surface area contributed by atoms with E-state index in [2.05, 4.69) is 15.9 Å². The summed E-state index contributed by atoms with van der Waals surface area (Å²) < 4.78 is 27.2. The molecule has 0 aromatic heterocycles. The van der Waals surface area contributed by atoms with Crippen molar-refractivity contribution in [2.75, 3.05) is 12.4 Å². The Balaban J connectivity index is 2.56. The first-order valence-corrected chi connectivity index (χ1v) is 8.56. The highest BCUT2D eigenvalue weighted by atomic mass is 79.9. The molecule has 0 spiro atoms. The highest BCUT2D eigenvalue weighted by molar-refractivity contribution is 9.10. The van der Waals surface area contributed by atoms with E-state index in [0.29, 0.717) is 17.3 Å². The predicted octanol–water partition coefficient (Wildman–Crippen LogP) is 3.08. The summed E-state index contributed by atoms with van der Waals surface area (Å²) in [5.74, 6) is -0.00286. The number of hydrogen-bond acceptors (Lipinski definition) is 5. The Morgan fingerprint density at radius 1 is 1.37 bits per heavy atom. The summed E-state index contributed by atoms with van der Waals surface area (Å²) in [6, 6.07) is 4.50. The van der Waals surface area contributed by atoms with Crippen molar-refractivity contribution in [2.45, 2.75) is 12.8 Å². The maximum absolute atomic E-state index is 10.8. The molecule has 0 fully saturated rings. The molecule has 0 saturated heterocycles. The third-order valence-electron chi connectivity index (χ3n) is 2.17. The lowest BCUT2D eigenvalue weighted by Gasteiger charge is -2.08. The first-order valence-electron chi connectivity index (χ1n) is 5.29. The van der Waals surface area contributed by atoms with Crippen molar-refractivity contribution in [1.82, 2.24) is 0 Å². The largest absolute Gasteiger partial charge is 0.486 e. The van der Waals surface area contributed by atoms with Crippen molar-refractivity contribution in [3.05, 3.63) is 32.8 Å². The molecule has 106 valence electrons. The maximum Gasteiger partial charge on any atom is 0.312 e. The molecule has 19 heavy (non-hydrogen) atoms. The maximum atomic E-state index is 10.8. The van der Waals surface area contributed by atoms with E-state index < -0.39 is 14.0 Å². The van der Waals surface area contributed by atoms with Gasteiger partial charge < -0.3 is 4.74 Å². The van der Waals surface area contributed by atoms with Gasteiger partial charge in [0.15, 0.2) is 0 Å². The van der Waals surface area contributed by atoms with Gasteiger partial charge in [0, 0.05) is 16.7 Å². The molecule has 0 aliphatic rings. The Hall–Kier alpha value is -0.860. The van der Waals surface area contributed by atoms with Crippen LogP contribution in [-0.4, -0.2) is 25.7 Å². The van der Waals surface area contributed by atoms with E-state index in [9.17, 15) is 18.5 Å². The van der Waals surface area contributed by atoms with E-state index in [1.807, 2.05) is 0 Å². The fourth-order valence-corrected chi connectivity index (χ4v) is 2.68. The topological polar surface area (TPSA) is 86.5 Å². The molecule has 0 atom stereocenters. The third kappa shape index (κ3) is 5.75. The first-order chi connectivity index (χ1) is 8.81. The van der Waals surface area contributed by atoms with Crippen LogP contribution in [0.3, 0.4) is 0 Å². The van der Waals surface area contributed by atoms with Gasteiger partial charge in [0.05, 0.1) is 21.8 Å². The number of nitro benzene ring substituents is 1. The van der Waals surface area contributed by atoms with Gasteiger partial charge in [-0.2, -0.15) is 0 Å². The van der Waals surface area contributed by atoms with Crippen LogP contribution in [-0.2, 0) is 9.05 Å². The quantitative estimate of drug-likeness (QED) is 0.318. The molecule has 0 radical (unpaired) electrons. The third-order valence-corrected chi connectivity index (χ3v) is 4.04. The van der Waals surface area contributed by atoms with Crippen molar-refractivity contribution in [3.63, 3.8) is 0 Å². The summed E-state index contributed by atoms with van der Waals surface area (Å²) in [4.78, 5) is 10.3. The molecular weight excluding hydrogens is 362 g/mol. The van der Waals surface area contributed by atoms with E-state index >= 15 is 0 Å². The second-order valence-corrected chi connectivity index (χ2v) is 7.39. The molecule has 0 unspecified atom stereocenters. The van der Waals surface area contributed by atoms with E-state index in [1.165, 1.54) is 12.1 Å². The van der Waals surface area contributed by atoms with Gasteiger partial charge in [0.25, 0.3) is 0 Å². The lowest BCUT2D eigenvalue weighted by Crippen LogP contribution is -2.04. The summed E-state index contributed by atoms with van der Waals surface area (Å²) in [5, 5.41) is 10.8. The standard InChI is InChI=1S/C10H11BrClNO5S/c11-8-4-3-5-9(13(14)15)10(8)18-6-1-2-7-19(12,16)17/h3-5H,1-2,6-7H2. The minimum absolute atomic E-state index is 0.140. The van der Waals surface area contributed by atoms with Crippen molar-refractivity contribution in [3.8, 4) is 5.75 Å². The summed E-state index contributed by atoms with van der Waals surface area (Å²) in [6.45, 7) is 0.176. The summed E-state index contributed by atoms with van der Waals surface area (Å²) in [7, 11) is 1.56. The van der Waals surface area contributed by atoms with Gasteiger partial charge in [-0.3, -0.25) is 10.1 Å². The molecule has 1 aromatic rings. The zero-order valence-corrected chi connectivity index (χ0v) is 12.9. The lowest BCUT2D eigenvalue weighted by atomic mass is 10.3. The number of nitrogens with zero attached hydrogens (tertiary/aromatic N) is 1. The Bertz CT molecular complexity index is 563. The first kappa shape index (κ1) is 16.2. The number of rotatable bonds is 7. The van der Waals surface area contributed by atoms with Crippen LogP contribution in [0.2, 0.25) is 0 Å². The van der Waals surface area contributed by atoms with Crippen molar-refractivity contribution < 1.29 is 18.1 Å². The van der Waals surface area contributed by atoms with E-state index in [1.54, 1.807) is 6.07 Å². The van der Waals surface area contributed by atoms with Gasteiger partial charge in [-0.25, -0.2) is 8.42 Å². The predicted molar refractivity (Wildman–Crippen MR) is 75.2 cm³/mol. The van der Waals surface area contributed by atoms with Crippen LogP contribution in [0.25, 0.3) is 0 Å². The molecule has 9 heteroatoms. The van der Waals surface area contributed by atoms with E-state index in [4.69, 9.17) is 15.4 Å². The van der Waals surface area contributed by atoms with E-state index in [-0.39, 0.29) is 23.8 Å². The number of ether oxygens (including phenoxy) is 1. The molecule has 0 heterocycles. The van der Waals surface area contributed by atoms with Crippen LogP contribution < -0.4 is 4.74 Å². The number of benzene rings is 1. The molecule has 0 bridgehead atoms. The molecular formula is C10H11BrClNO5S. The molecule has 0 saturated carbocycles. The van der Waals surface area contributed by atoms with E-state index in [0.717, 1.165) is 0 Å². The van der Waals surface area contributed by atoms with Gasteiger partial charge in [0.2, 0.25) is 14.8 Å². The van der Waals surface area contributed by atoms with Crippen molar-refractivity contribution in [2.24, 2.45) is 0 Å². The highest BCUT2D eigenvalue weighted by Crippen LogP contribution is 2.34. The minimum Gasteiger partial charge on any atom is -0.486 e. The smallest absolute Gasteiger partial charge is 0.312 e. The Morgan fingerprint density at radius 2 is 2.05 bits per heavy atom. The highest BCUT2D eigenvalue weighted by Gasteiger charge is 2.17. The molecule has 0 amide bonds. The number of hydrogen-bond donors (Lipinski definition) is 0. The number of unbranched alkanes of at least 4 members (excludes halogenated alkanes) is 1. The fourth-order valence-electron chi connectivity index (χ4n) is 1.33. The number of nitro groups is 1. The van der Waals surface area contributed by atoms with Crippen molar-refractivity contribution in [1.29, 1.82) is 0 Å². The SMILES string of the molecule is O=[N+]([O-])c1cccc(Br)c1OCCCCS(=O)(=O)Cl. The summed E-state index contributed by atoms with van der Waals surface area (Å²) in [5.41, 5.74) is -0.140. The molecule has 1 aromatic carbocycles. The lowest BCUT2D eigenvalue weighted by molar-refractivity contribution is -0.386. The van der Waals surface area contributed by atoms with Crippen LogP contribution >= 0.6 is 26.6 Å². The van der Waals surface area contributed by atoms with Gasteiger partial charge >= 0.3 is 5.69 Å². The normalized spacial score (nSPS) is 11.3. The Labute approximate surface area is 123 Å². The molecule has 1 rings (SSSR count). The molecule has 0 aliphatic heterocycles. The Morgan fingerprint density at radius 3 is 2.63 bits per heavy atom. The van der Waals surface area contributed by atoms with Crippen LogP contribution in [0.5, 0.6) is 5.75 Å². The van der Waals surface area contributed by atoms with Crippen LogP contribution in [0.15, 0.2) is 22.7 Å². The molecule has 0 N–H and O–H groups in total. The second kappa shape index (κ2) is 7.06. The summed E-state index contributed by atoms with van der Waals surface area (Å²) in [6.07, 6.45) is 0.772. The van der Waals surface area contributed by atoms with Gasteiger partial charge in [-0.1, -0.05) is 6.07 Å². The molecule has 0 aliphatic carbocycles. The van der Waals surface area contributed by atoms with Gasteiger partial charge in [-0.05, 0) is 34.8 Å². The molecule has 6 nitrogen and oxygen atoms in total. The average molecular weight is 373 g/mol. The zero-order chi connectivity index (χ0) is 14.5. The Kier molecular flexibility index (Phi) is 6.02. The fraction of sp³-hybridized carbons (Fsp3) is 0.400. The zero-order valence-electron chi connectivity index (χ0n) is 9.71. The monoisotopic (exact) mass is 371 g/mol. The van der Waals surface area contributed by atoms with Crippen LogP contribution in [0.1, 0.15) is 12.8 Å².